The van der Waals surface area contributed by atoms with Gasteiger partial charge in [-0.3, -0.25) is 0 Å². The minimum atomic E-state index is -2.87. The van der Waals surface area contributed by atoms with Crippen LogP contribution in [0.4, 0.5) is 0 Å². The monoisotopic (exact) mass is 342 g/mol. The standard InChI is InChI=1S/C21H27O2P/c1-17-9-8-14-21(20(22)16-15-17)24(23,18-10-4-2-5-11-18)19-12-6-3-7-13-19/h2-7,10-13,17,20-22H,8-9,14-16H2,1H3/t17-,20+,21+/m1/s1. The van der Waals surface area contributed by atoms with Crippen molar-refractivity contribution in [2.45, 2.75) is 50.8 Å². The van der Waals surface area contributed by atoms with Crippen molar-refractivity contribution in [1.82, 2.24) is 0 Å². The Morgan fingerprint density at radius 2 is 1.38 bits per heavy atom. The van der Waals surface area contributed by atoms with Gasteiger partial charge in [-0.05, 0) is 25.2 Å². The molecule has 3 heteroatoms. The summed E-state index contributed by atoms with van der Waals surface area (Å²) >= 11 is 0. The predicted molar refractivity (Wildman–Crippen MR) is 102 cm³/mol. The molecule has 0 saturated heterocycles. The van der Waals surface area contributed by atoms with Crippen LogP contribution in [-0.2, 0) is 4.57 Å². The van der Waals surface area contributed by atoms with E-state index in [1.165, 1.54) is 0 Å². The minimum absolute atomic E-state index is 0.185. The van der Waals surface area contributed by atoms with E-state index in [-0.39, 0.29) is 5.66 Å². The molecule has 0 amide bonds. The summed E-state index contributed by atoms with van der Waals surface area (Å²) in [5, 5.41) is 12.6. The fraction of sp³-hybridized carbons (Fsp3) is 0.429. The van der Waals surface area contributed by atoms with Crippen LogP contribution < -0.4 is 10.6 Å². The summed E-state index contributed by atoms with van der Waals surface area (Å²) < 4.78 is 14.4. The van der Waals surface area contributed by atoms with E-state index in [9.17, 15) is 9.67 Å². The first-order chi connectivity index (χ1) is 11.6. The largest absolute Gasteiger partial charge is 0.392 e. The fourth-order valence-electron chi connectivity index (χ4n) is 3.91. The zero-order valence-corrected chi connectivity index (χ0v) is 15.2. The number of aliphatic hydroxyl groups is 1. The van der Waals surface area contributed by atoms with E-state index in [2.05, 4.69) is 6.92 Å². The van der Waals surface area contributed by atoms with Gasteiger partial charge in [-0.15, -0.1) is 0 Å². The first-order valence-corrected chi connectivity index (χ1v) is 10.8. The highest BCUT2D eigenvalue weighted by atomic mass is 31.2. The molecule has 1 N–H and O–H groups in total. The van der Waals surface area contributed by atoms with Crippen molar-refractivity contribution in [3.05, 3.63) is 60.7 Å². The molecule has 0 unspecified atom stereocenters. The van der Waals surface area contributed by atoms with Gasteiger partial charge in [0.15, 0.2) is 0 Å². The van der Waals surface area contributed by atoms with Crippen LogP contribution in [0.2, 0.25) is 0 Å². The van der Waals surface area contributed by atoms with Gasteiger partial charge in [0, 0.05) is 16.3 Å². The second kappa shape index (κ2) is 7.68. The van der Waals surface area contributed by atoms with Crippen molar-refractivity contribution in [3.63, 3.8) is 0 Å². The topological polar surface area (TPSA) is 37.3 Å². The molecule has 1 aliphatic rings. The average Bonchev–Trinajstić information content (AvgIpc) is 2.63. The second-order valence-corrected chi connectivity index (χ2v) is 10.1. The van der Waals surface area contributed by atoms with Crippen LogP contribution in [0.25, 0.3) is 0 Å². The molecule has 3 rings (SSSR count). The molecule has 1 saturated carbocycles. The van der Waals surface area contributed by atoms with Gasteiger partial charge in [0.25, 0.3) is 0 Å². The Morgan fingerprint density at radius 1 is 0.833 bits per heavy atom. The lowest BCUT2D eigenvalue weighted by Crippen LogP contribution is -2.36. The van der Waals surface area contributed by atoms with Crippen molar-refractivity contribution in [2.75, 3.05) is 0 Å². The molecule has 0 spiro atoms. The van der Waals surface area contributed by atoms with Crippen LogP contribution in [0.3, 0.4) is 0 Å². The van der Waals surface area contributed by atoms with E-state index in [0.29, 0.717) is 5.92 Å². The fourth-order valence-corrected chi connectivity index (χ4v) is 7.39. The maximum Gasteiger partial charge on any atom is 0.148 e. The molecule has 0 aromatic heterocycles. The van der Waals surface area contributed by atoms with Gasteiger partial charge in [0.05, 0.1) is 6.10 Å². The molecule has 2 aromatic rings. The van der Waals surface area contributed by atoms with Crippen molar-refractivity contribution in [2.24, 2.45) is 5.92 Å². The number of hydrogen-bond donors (Lipinski definition) is 1. The van der Waals surface area contributed by atoms with Crippen LogP contribution in [0.5, 0.6) is 0 Å². The Bertz CT molecular complexity index is 640. The van der Waals surface area contributed by atoms with E-state index in [1.54, 1.807) is 0 Å². The molecule has 0 radical (unpaired) electrons. The zero-order chi connectivity index (χ0) is 17.0. The maximum absolute atomic E-state index is 14.4. The smallest absolute Gasteiger partial charge is 0.148 e. The Balaban J connectivity index is 2.06. The van der Waals surface area contributed by atoms with E-state index in [1.807, 2.05) is 60.7 Å². The van der Waals surface area contributed by atoms with Crippen LogP contribution in [0.15, 0.2) is 60.7 Å². The Kier molecular flexibility index (Phi) is 5.58. The molecular formula is C21H27O2P. The first kappa shape index (κ1) is 17.5. The highest BCUT2D eigenvalue weighted by molar-refractivity contribution is 7.79. The average molecular weight is 342 g/mol. The third-order valence-electron chi connectivity index (χ3n) is 5.34. The lowest BCUT2D eigenvalue weighted by Gasteiger charge is -2.34. The van der Waals surface area contributed by atoms with Gasteiger partial charge in [-0.1, -0.05) is 80.4 Å². The van der Waals surface area contributed by atoms with Gasteiger partial charge >= 0.3 is 0 Å². The predicted octanol–water partition coefficient (Wildman–Crippen LogP) is 4.33. The molecule has 128 valence electrons. The van der Waals surface area contributed by atoms with Crippen LogP contribution in [-0.4, -0.2) is 16.9 Å². The quantitative estimate of drug-likeness (QED) is 0.843. The molecule has 24 heavy (non-hydrogen) atoms. The van der Waals surface area contributed by atoms with E-state index < -0.39 is 13.2 Å². The van der Waals surface area contributed by atoms with E-state index in [0.717, 1.165) is 42.7 Å². The van der Waals surface area contributed by atoms with Crippen molar-refractivity contribution in [3.8, 4) is 0 Å². The molecule has 2 aromatic carbocycles. The van der Waals surface area contributed by atoms with Gasteiger partial charge in [0.2, 0.25) is 0 Å². The van der Waals surface area contributed by atoms with Gasteiger partial charge < -0.3 is 9.67 Å². The molecule has 2 nitrogen and oxygen atoms in total. The summed E-state index contributed by atoms with van der Waals surface area (Å²) in [6.07, 6.45) is 4.28. The highest BCUT2D eigenvalue weighted by Gasteiger charge is 2.41. The SMILES string of the molecule is C[C@@H]1CCC[C@H](P(=O)(c2ccccc2)c2ccccc2)[C@@H](O)CC1. The van der Waals surface area contributed by atoms with Crippen molar-refractivity contribution in [1.29, 1.82) is 0 Å². The Labute approximate surface area is 145 Å². The number of rotatable bonds is 3. The Morgan fingerprint density at radius 3 is 1.92 bits per heavy atom. The molecule has 0 bridgehead atoms. The van der Waals surface area contributed by atoms with Gasteiger partial charge in [-0.2, -0.15) is 0 Å². The summed E-state index contributed by atoms with van der Waals surface area (Å²) in [4.78, 5) is 0. The minimum Gasteiger partial charge on any atom is -0.392 e. The Hall–Kier alpha value is -1.37. The van der Waals surface area contributed by atoms with Crippen molar-refractivity contribution >= 4 is 17.8 Å². The van der Waals surface area contributed by atoms with Crippen LogP contribution in [0.1, 0.15) is 39.0 Å². The second-order valence-electron chi connectivity index (χ2n) is 7.08. The lowest BCUT2D eigenvalue weighted by atomic mass is 9.91. The molecule has 1 aliphatic carbocycles. The van der Waals surface area contributed by atoms with Crippen LogP contribution >= 0.6 is 7.14 Å². The van der Waals surface area contributed by atoms with E-state index >= 15 is 0 Å². The summed E-state index contributed by atoms with van der Waals surface area (Å²) in [6.45, 7) is 2.25. The van der Waals surface area contributed by atoms with Gasteiger partial charge in [0.1, 0.15) is 7.14 Å². The number of hydrogen-bond acceptors (Lipinski definition) is 2. The number of benzene rings is 2. The summed E-state index contributed by atoms with van der Waals surface area (Å²) in [5.41, 5.74) is -0.185. The molecular weight excluding hydrogens is 315 g/mol. The van der Waals surface area contributed by atoms with Crippen LogP contribution in [0, 0.1) is 5.92 Å². The summed E-state index contributed by atoms with van der Waals surface area (Å²) in [6, 6.07) is 19.5. The van der Waals surface area contributed by atoms with E-state index in [4.69, 9.17) is 0 Å². The normalized spacial score (nSPS) is 25.7. The number of aliphatic hydroxyl groups excluding tert-OH is 1. The zero-order valence-electron chi connectivity index (χ0n) is 14.3. The molecule has 0 heterocycles. The third kappa shape index (κ3) is 3.50. The third-order valence-corrected chi connectivity index (χ3v) is 9.01. The summed E-state index contributed by atoms with van der Waals surface area (Å²) in [5.74, 6) is 0.647. The lowest BCUT2D eigenvalue weighted by molar-refractivity contribution is 0.136. The highest BCUT2D eigenvalue weighted by Crippen LogP contribution is 2.53. The molecule has 0 aliphatic heterocycles. The molecule has 1 fully saturated rings. The molecule has 3 atom stereocenters. The van der Waals surface area contributed by atoms with Gasteiger partial charge in [-0.25, -0.2) is 0 Å². The maximum atomic E-state index is 14.4. The first-order valence-electron chi connectivity index (χ1n) is 9.01. The summed E-state index contributed by atoms with van der Waals surface area (Å²) in [7, 11) is -2.87. The van der Waals surface area contributed by atoms with Crippen molar-refractivity contribution < 1.29 is 9.67 Å².